The Kier molecular flexibility index (Phi) is 3.12. The second-order valence-electron chi connectivity index (χ2n) is 4.25. The van der Waals surface area contributed by atoms with Crippen molar-refractivity contribution < 1.29 is 14.6 Å². The van der Waals surface area contributed by atoms with Gasteiger partial charge in [-0.1, -0.05) is 23.9 Å². The maximum atomic E-state index is 10.7. The largest absolute Gasteiger partial charge is 0.496 e. The average Bonchev–Trinajstić information content (AvgIpc) is 2.45. The lowest BCUT2D eigenvalue weighted by Crippen LogP contribution is -2.10. The molecule has 0 amide bonds. The van der Waals surface area contributed by atoms with Crippen LogP contribution < -0.4 is 9.47 Å². The van der Waals surface area contributed by atoms with Crippen molar-refractivity contribution in [1.29, 1.82) is 0 Å². The first-order valence-electron chi connectivity index (χ1n) is 5.96. The lowest BCUT2D eigenvalue weighted by molar-refractivity contribution is 0.202. The van der Waals surface area contributed by atoms with Gasteiger partial charge in [0.2, 0.25) is 0 Å². The summed E-state index contributed by atoms with van der Waals surface area (Å²) in [5, 5.41) is 10.7. The smallest absolute Gasteiger partial charge is 0.126 e. The number of ether oxygens (including phenoxy) is 2. The number of methoxy groups -OCH3 is 2. The molecule has 3 nitrogen and oxygen atoms in total. The van der Waals surface area contributed by atoms with Gasteiger partial charge in [0.15, 0.2) is 0 Å². The summed E-state index contributed by atoms with van der Waals surface area (Å²) in [7, 11) is 3.23. The maximum absolute atomic E-state index is 10.7. The minimum absolute atomic E-state index is 0.703. The van der Waals surface area contributed by atoms with Gasteiger partial charge in [0.05, 0.1) is 14.2 Å². The standard InChI is InChI=1S/C15H14O3S/c1-17-9-5-3-7-11-13(9)15(16)14-10(18-2)6-4-8-12(14)19-11/h3-8,15-16H,1-2H3. The zero-order chi connectivity index (χ0) is 13.4. The zero-order valence-electron chi connectivity index (χ0n) is 10.7. The van der Waals surface area contributed by atoms with Crippen molar-refractivity contribution in [2.75, 3.05) is 14.2 Å². The molecule has 1 aliphatic rings. The number of rotatable bonds is 2. The molecule has 1 aliphatic heterocycles. The summed E-state index contributed by atoms with van der Waals surface area (Å²) in [5.41, 5.74) is 1.62. The first-order valence-corrected chi connectivity index (χ1v) is 6.77. The molecule has 0 aromatic heterocycles. The fourth-order valence-electron chi connectivity index (χ4n) is 2.38. The van der Waals surface area contributed by atoms with E-state index in [-0.39, 0.29) is 0 Å². The number of hydrogen-bond acceptors (Lipinski definition) is 4. The van der Waals surface area contributed by atoms with E-state index in [1.807, 2.05) is 36.4 Å². The fourth-order valence-corrected chi connectivity index (χ4v) is 3.56. The fraction of sp³-hybridized carbons (Fsp3) is 0.200. The van der Waals surface area contributed by atoms with E-state index >= 15 is 0 Å². The highest BCUT2D eigenvalue weighted by atomic mass is 32.2. The molecule has 0 atom stereocenters. The van der Waals surface area contributed by atoms with Crippen LogP contribution >= 0.6 is 11.8 Å². The molecule has 4 heteroatoms. The van der Waals surface area contributed by atoms with Gasteiger partial charge in [-0.15, -0.1) is 0 Å². The van der Waals surface area contributed by atoms with Crippen LogP contribution in [0.1, 0.15) is 17.2 Å². The van der Waals surface area contributed by atoms with E-state index in [1.165, 1.54) is 0 Å². The summed E-state index contributed by atoms with van der Waals surface area (Å²) in [6, 6.07) is 11.6. The molecule has 0 unspecified atom stereocenters. The maximum Gasteiger partial charge on any atom is 0.126 e. The predicted molar refractivity (Wildman–Crippen MR) is 74.2 cm³/mol. The van der Waals surface area contributed by atoms with E-state index in [0.29, 0.717) is 11.5 Å². The van der Waals surface area contributed by atoms with Crippen LogP contribution in [0.3, 0.4) is 0 Å². The van der Waals surface area contributed by atoms with E-state index in [9.17, 15) is 5.11 Å². The van der Waals surface area contributed by atoms with Crippen LogP contribution in [0.2, 0.25) is 0 Å². The van der Waals surface area contributed by atoms with Crippen LogP contribution in [-0.4, -0.2) is 19.3 Å². The third-order valence-corrected chi connectivity index (χ3v) is 4.41. The van der Waals surface area contributed by atoms with E-state index in [1.54, 1.807) is 26.0 Å². The molecule has 0 fully saturated rings. The lowest BCUT2D eigenvalue weighted by atomic mass is 9.99. The molecule has 0 aliphatic carbocycles. The molecule has 2 aromatic carbocycles. The Morgan fingerprint density at radius 1 is 0.895 bits per heavy atom. The van der Waals surface area contributed by atoms with Gasteiger partial charge in [-0.3, -0.25) is 0 Å². The van der Waals surface area contributed by atoms with Gasteiger partial charge in [0.25, 0.3) is 0 Å². The van der Waals surface area contributed by atoms with Crippen LogP contribution in [0.15, 0.2) is 46.2 Å². The van der Waals surface area contributed by atoms with Gasteiger partial charge in [-0.05, 0) is 24.3 Å². The predicted octanol–water partition coefficient (Wildman–Crippen LogP) is 3.25. The van der Waals surface area contributed by atoms with Crippen molar-refractivity contribution in [2.45, 2.75) is 15.9 Å². The third-order valence-electron chi connectivity index (χ3n) is 3.26. The van der Waals surface area contributed by atoms with Gasteiger partial charge >= 0.3 is 0 Å². The van der Waals surface area contributed by atoms with Crippen LogP contribution in [0.4, 0.5) is 0 Å². The Hall–Kier alpha value is -1.65. The molecule has 2 aromatic rings. The van der Waals surface area contributed by atoms with Gasteiger partial charge in [0, 0.05) is 20.9 Å². The van der Waals surface area contributed by atoms with Gasteiger partial charge < -0.3 is 14.6 Å². The molecule has 0 spiro atoms. The van der Waals surface area contributed by atoms with Crippen molar-refractivity contribution in [3.63, 3.8) is 0 Å². The summed E-state index contributed by atoms with van der Waals surface area (Å²) in [4.78, 5) is 2.04. The van der Waals surface area contributed by atoms with Crippen molar-refractivity contribution >= 4 is 11.8 Å². The summed E-state index contributed by atoms with van der Waals surface area (Å²) in [6.45, 7) is 0. The number of fused-ring (bicyclic) bond motifs is 2. The van der Waals surface area contributed by atoms with Crippen molar-refractivity contribution in [1.82, 2.24) is 0 Å². The van der Waals surface area contributed by atoms with Gasteiger partial charge in [0.1, 0.15) is 17.6 Å². The molecule has 1 N–H and O–H groups in total. The Morgan fingerprint density at radius 2 is 1.37 bits per heavy atom. The second kappa shape index (κ2) is 4.79. The SMILES string of the molecule is COc1cccc2c1C(O)c1c(OC)cccc1S2. The van der Waals surface area contributed by atoms with Gasteiger partial charge in [-0.2, -0.15) is 0 Å². The first kappa shape index (κ1) is 12.4. The highest BCUT2D eigenvalue weighted by Crippen LogP contribution is 2.50. The van der Waals surface area contributed by atoms with E-state index in [2.05, 4.69) is 0 Å². The van der Waals surface area contributed by atoms with Crippen molar-refractivity contribution in [3.05, 3.63) is 47.5 Å². The minimum atomic E-state index is -0.724. The highest BCUT2D eigenvalue weighted by Gasteiger charge is 2.30. The molecule has 98 valence electrons. The Labute approximate surface area is 116 Å². The molecular formula is C15H14O3S. The van der Waals surface area contributed by atoms with Crippen LogP contribution in [0, 0.1) is 0 Å². The number of benzene rings is 2. The molecule has 3 rings (SSSR count). The number of hydrogen-bond donors (Lipinski definition) is 1. The monoisotopic (exact) mass is 274 g/mol. The quantitative estimate of drug-likeness (QED) is 0.912. The third kappa shape index (κ3) is 1.88. The first-order chi connectivity index (χ1) is 9.26. The Morgan fingerprint density at radius 3 is 1.79 bits per heavy atom. The van der Waals surface area contributed by atoms with Crippen molar-refractivity contribution in [2.24, 2.45) is 0 Å². The number of aliphatic hydroxyl groups is 1. The molecule has 0 saturated carbocycles. The van der Waals surface area contributed by atoms with E-state index in [4.69, 9.17) is 9.47 Å². The lowest BCUT2D eigenvalue weighted by Gasteiger charge is -2.27. The second-order valence-corrected chi connectivity index (χ2v) is 5.33. The molecule has 0 saturated heterocycles. The normalized spacial score (nSPS) is 13.6. The van der Waals surface area contributed by atoms with E-state index in [0.717, 1.165) is 20.9 Å². The molecule has 0 bridgehead atoms. The summed E-state index contributed by atoms with van der Waals surface area (Å²) in [6.07, 6.45) is -0.724. The molecular weight excluding hydrogens is 260 g/mol. The summed E-state index contributed by atoms with van der Waals surface area (Å²) >= 11 is 1.63. The molecule has 1 heterocycles. The number of aliphatic hydroxyl groups excluding tert-OH is 1. The Bertz CT molecular complexity index is 571. The van der Waals surface area contributed by atoms with Gasteiger partial charge in [-0.25, -0.2) is 0 Å². The average molecular weight is 274 g/mol. The van der Waals surface area contributed by atoms with Crippen LogP contribution in [0.25, 0.3) is 0 Å². The molecule has 0 radical (unpaired) electrons. The van der Waals surface area contributed by atoms with Crippen molar-refractivity contribution in [3.8, 4) is 11.5 Å². The highest BCUT2D eigenvalue weighted by molar-refractivity contribution is 7.99. The van der Waals surface area contributed by atoms with Crippen LogP contribution in [-0.2, 0) is 0 Å². The Balaban J connectivity index is 2.21. The van der Waals surface area contributed by atoms with Crippen LogP contribution in [0.5, 0.6) is 11.5 Å². The summed E-state index contributed by atoms with van der Waals surface area (Å²) < 4.78 is 10.7. The molecule has 19 heavy (non-hydrogen) atoms. The zero-order valence-corrected chi connectivity index (χ0v) is 11.5. The topological polar surface area (TPSA) is 38.7 Å². The van der Waals surface area contributed by atoms with E-state index < -0.39 is 6.10 Å². The minimum Gasteiger partial charge on any atom is -0.496 e. The summed E-state index contributed by atoms with van der Waals surface area (Å²) in [5.74, 6) is 1.41.